The van der Waals surface area contributed by atoms with E-state index in [2.05, 4.69) is 5.32 Å². The summed E-state index contributed by atoms with van der Waals surface area (Å²) >= 11 is 0. The van der Waals surface area contributed by atoms with E-state index in [9.17, 15) is 4.79 Å². The molecule has 15 heavy (non-hydrogen) atoms. The molecular weight excluding hydrogens is 194 g/mol. The zero-order valence-electron chi connectivity index (χ0n) is 9.11. The van der Waals surface area contributed by atoms with E-state index in [1.165, 1.54) is 0 Å². The summed E-state index contributed by atoms with van der Waals surface area (Å²) in [5.41, 5.74) is 5.78. The first-order valence-corrected chi connectivity index (χ1v) is 5.58. The van der Waals surface area contributed by atoms with E-state index in [1.807, 2.05) is 11.8 Å². The summed E-state index contributed by atoms with van der Waals surface area (Å²) < 4.78 is 5.46. The van der Waals surface area contributed by atoms with Crippen LogP contribution < -0.4 is 11.1 Å². The van der Waals surface area contributed by atoms with E-state index in [0.29, 0.717) is 13.2 Å². The lowest BCUT2D eigenvalue weighted by Gasteiger charge is -2.32. The zero-order chi connectivity index (χ0) is 10.8. The number of nitrogens with one attached hydrogen (secondary N) is 1. The molecule has 0 spiro atoms. The summed E-state index contributed by atoms with van der Waals surface area (Å²) in [6.07, 6.45) is 0.872. The van der Waals surface area contributed by atoms with Crippen molar-refractivity contribution in [3.8, 4) is 0 Å². The molecule has 0 aliphatic carbocycles. The van der Waals surface area contributed by atoms with Crippen molar-refractivity contribution in [2.24, 2.45) is 5.73 Å². The summed E-state index contributed by atoms with van der Waals surface area (Å²) in [6, 6.07) is -0.0437. The van der Waals surface area contributed by atoms with E-state index in [1.54, 1.807) is 0 Å². The third kappa shape index (κ3) is 2.30. The van der Waals surface area contributed by atoms with Gasteiger partial charge in [-0.25, -0.2) is 0 Å². The van der Waals surface area contributed by atoms with Gasteiger partial charge in [-0.2, -0.15) is 0 Å². The van der Waals surface area contributed by atoms with Crippen molar-refractivity contribution in [3.63, 3.8) is 0 Å². The quantitative estimate of drug-likeness (QED) is 0.581. The Hall–Kier alpha value is -0.650. The van der Waals surface area contributed by atoms with Gasteiger partial charge in [0.05, 0.1) is 12.7 Å². The van der Waals surface area contributed by atoms with Gasteiger partial charge in [0.15, 0.2) is 0 Å². The molecule has 2 aliphatic heterocycles. The first-order valence-electron chi connectivity index (χ1n) is 5.58. The van der Waals surface area contributed by atoms with E-state index < -0.39 is 0 Å². The second kappa shape index (κ2) is 4.47. The minimum Gasteiger partial charge on any atom is -0.375 e. The van der Waals surface area contributed by atoms with E-state index in [-0.39, 0.29) is 24.1 Å². The fraction of sp³-hybridized carbons (Fsp3) is 0.900. The average molecular weight is 213 g/mol. The third-order valence-corrected chi connectivity index (χ3v) is 3.12. The molecule has 0 saturated carbocycles. The van der Waals surface area contributed by atoms with Gasteiger partial charge in [-0.15, -0.1) is 0 Å². The van der Waals surface area contributed by atoms with E-state index in [0.717, 1.165) is 19.5 Å². The summed E-state index contributed by atoms with van der Waals surface area (Å²) in [5, 5.41) is 3.20. The number of amides is 1. The first-order chi connectivity index (χ1) is 7.18. The second-order valence-corrected chi connectivity index (χ2v) is 4.34. The van der Waals surface area contributed by atoms with Crippen LogP contribution in [0.2, 0.25) is 0 Å². The predicted octanol–water partition coefficient (Wildman–Crippen LogP) is -1.08. The van der Waals surface area contributed by atoms with Crippen LogP contribution in [0.25, 0.3) is 0 Å². The third-order valence-electron chi connectivity index (χ3n) is 3.12. The summed E-state index contributed by atoms with van der Waals surface area (Å²) in [7, 11) is 0. The molecule has 0 aromatic carbocycles. The number of carbonyl (C=O) groups is 1. The molecule has 3 N–H and O–H groups in total. The molecule has 5 heteroatoms. The molecule has 1 amide bonds. The van der Waals surface area contributed by atoms with Crippen molar-refractivity contribution in [2.75, 3.05) is 26.2 Å². The normalized spacial score (nSPS) is 36.9. The van der Waals surface area contributed by atoms with Crippen LogP contribution in [0.1, 0.15) is 13.3 Å². The number of rotatable bonds is 1. The van der Waals surface area contributed by atoms with Crippen LogP contribution in [-0.4, -0.2) is 55.2 Å². The van der Waals surface area contributed by atoms with Crippen LogP contribution >= 0.6 is 0 Å². The van der Waals surface area contributed by atoms with Crippen LogP contribution in [0.4, 0.5) is 0 Å². The van der Waals surface area contributed by atoms with Crippen LogP contribution in [-0.2, 0) is 9.53 Å². The Kier molecular flexibility index (Phi) is 3.23. The molecule has 86 valence electrons. The molecule has 2 saturated heterocycles. The summed E-state index contributed by atoms with van der Waals surface area (Å²) in [5.74, 6) is 0.134. The highest BCUT2D eigenvalue weighted by Gasteiger charge is 2.34. The topological polar surface area (TPSA) is 67.6 Å². The Morgan fingerprint density at radius 3 is 3.00 bits per heavy atom. The van der Waals surface area contributed by atoms with Gasteiger partial charge in [0.2, 0.25) is 5.91 Å². The maximum Gasteiger partial charge on any atom is 0.242 e. The van der Waals surface area contributed by atoms with Gasteiger partial charge in [-0.1, -0.05) is 0 Å². The van der Waals surface area contributed by atoms with Crippen molar-refractivity contribution >= 4 is 5.91 Å². The Labute approximate surface area is 89.9 Å². The smallest absolute Gasteiger partial charge is 0.242 e. The maximum atomic E-state index is 12.1. The molecule has 0 bridgehead atoms. The number of nitrogens with two attached hydrogens (primary N) is 1. The lowest BCUT2D eigenvalue weighted by Crippen LogP contribution is -2.56. The molecule has 2 rings (SSSR count). The Balaban J connectivity index is 1.94. The SMILES string of the molecule is C[C@H]1OCCN[C@@H]1C(=O)N1CCC(N)C1. The number of morpholine rings is 1. The number of hydrogen-bond donors (Lipinski definition) is 2. The number of ether oxygens (including phenoxy) is 1. The molecule has 0 aromatic heterocycles. The lowest BCUT2D eigenvalue weighted by molar-refractivity contribution is -0.138. The molecule has 2 fully saturated rings. The van der Waals surface area contributed by atoms with Crippen molar-refractivity contribution in [1.82, 2.24) is 10.2 Å². The van der Waals surface area contributed by atoms with Gasteiger partial charge in [0, 0.05) is 25.7 Å². The summed E-state index contributed by atoms with van der Waals surface area (Å²) in [6.45, 7) is 4.84. The van der Waals surface area contributed by atoms with Crippen LogP contribution in [0.3, 0.4) is 0 Å². The number of carbonyl (C=O) groups excluding carboxylic acids is 1. The standard InChI is InChI=1S/C10H19N3O2/c1-7-9(12-3-5-15-7)10(14)13-4-2-8(11)6-13/h7-9,12H,2-6,11H2,1H3/t7-,8?,9+/m1/s1. The minimum absolute atomic E-state index is 0.0388. The largest absolute Gasteiger partial charge is 0.375 e. The van der Waals surface area contributed by atoms with Gasteiger partial charge < -0.3 is 20.7 Å². The van der Waals surface area contributed by atoms with Gasteiger partial charge in [-0.3, -0.25) is 4.79 Å². The van der Waals surface area contributed by atoms with Crippen molar-refractivity contribution in [2.45, 2.75) is 31.5 Å². The molecule has 1 unspecified atom stereocenters. The highest BCUT2D eigenvalue weighted by atomic mass is 16.5. The summed E-state index contributed by atoms with van der Waals surface area (Å²) in [4.78, 5) is 13.9. The fourth-order valence-corrected chi connectivity index (χ4v) is 2.19. The number of hydrogen-bond acceptors (Lipinski definition) is 4. The van der Waals surface area contributed by atoms with Crippen LogP contribution in [0.5, 0.6) is 0 Å². The van der Waals surface area contributed by atoms with Gasteiger partial charge in [0.1, 0.15) is 6.04 Å². The Morgan fingerprint density at radius 2 is 2.40 bits per heavy atom. The zero-order valence-corrected chi connectivity index (χ0v) is 9.11. The first kappa shape index (κ1) is 10.9. The van der Waals surface area contributed by atoms with Crippen molar-refractivity contribution < 1.29 is 9.53 Å². The Bertz CT molecular complexity index is 247. The van der Waals surface area contributed by atoms with Gasteiger partial charge in [-0.05, 0) is 13.3 Å². The Morgan fingerprint density at radius 1 is 1.60 bits per heavy atom. The lowest BCUT2D eigenvalue weighted by atomic mass is 10.1. The maximum absolute atomic E-state index is 12.1. The highest BCUT2D eigenvalue weighted by molar-refractivity contribution is 5.83. The number of nitrogens with zero attached hydrogens (tertiary/aromatic N) is 1. The average Bonchev–Trinajstić information content (AvgIpc) is 2.65. The van der Waals surface area contributed by atoms with Crippen molar-refractivity contribution in [1.29, 1.82) is 0 Å². The predicted molar refractivity (Wildman–Crippen MR) is 56.4 cm³/mol. The van der Waals surface area contributed by atoms with Gasteiger partial charge in [0.25, 0.3) is 0 Å². The van der Waals surface area contributed by atoms with Crippen LogP contribution in [0.15, 0.2) is 0 Å². The number of likely N-dealkylation sites (tertiary alicyclic amines) is 1. The fourth-order valence-electron chi connectivity index (χ4n) is 2.19. The minimum atomic E-state index is -0.191. The molecule has 0 aromatic rings. The highest BCUT2D eigenvalue weighted by Crippen LogP contribution is 2.13. The second-order valence-electron chi connectivity index (χ2n) is 4.34. The van der Waals surface area contributed by atoms with Crippen molar-refractivity contribution in [3.05, 3.63) is 0 Å². The molecule has 3 atom stereocenters. The van der Waals surface area contributed by atoms with Gasteiger partial charge >= 0.3 is 0 Å². The van der Waals surface area contributed by atoms with Crippen LogP contribution in [0, 0.1) is 0 Å². The van der Waals surface area contributed by atoms with E-state index >= 15 is 0 Å². The molecule has 0 radical (unpaired) electrons. The monoisotopic (exact) mass is 213 g/mol. The molecule has 2 aliphatic rings. The molecule has 5 nitrogen and oxygen atoms in total. The van der Waals surface area contributed by atoms with E-state index in [4.69, 9.17) is 10.5 Å². The molecule has 2 heterocycles. The molecular formula is C10H19N3O2.